The molecular weight excluding hydrogens is 198 g/mol. The van der Waals surface area contributed by atoms with Gasteiger partial charge in [-0.15, -0.1) is 0 Å². The van der Waals surface area contributed by atoms with Gasteiger partial charge in [0.05, 0.1) is 11.6 Å². The van der Waals surface area contributed by atoms with Crippen molar-refractivity contribution >= 4 is 0 Å². The van der Waals surface area contributed by atoms with Gasteiger partial charge in [-0.1, -0.05) is 12.1 Å². The molecule has 1 aliphatic heterocycles. The zero-order valence-electron chi connectivity index (χ0n) is 9.56. The molecule has 0 aliphatic carbocycles. The van der Waals surface area contributed by atoms with Crippen molar-refractivity contribution in [1.82, 2.24) is 4.90 Å². The first-order valence-corrected chi connectivity index (χ1v) is 5.66. The summed E-state index contributed by atoms with van der Waals surface area (Å²) in [6.07, 6.45) is 1.15. The van der Waals surface area contributed by atoms with Gasteiger partial charge in [-0.05, 0) is 50.2 Å². The highest BCUT2D eigenvalue weighted by Crippen LogP contribution is 2.35. The van der Waals surface area contributed by atoms with Gasteiger partial charge >= 0.3 is 0 Å². The average molecular weight is 215 g/mol. The van der Waals surface area contributed by atoms with E-state index in [-0.39, 0.29) is 0 Å². The Morgan fingerprint density at radius 3 is 3.06 bits per heavy atom. The molecule has 0 aromatic heterocycles. The van der Waals surface area contributed by atoms with Crippen LogP contribution < -0.4 is 5.73 Å². The molecule has 3 heteroatoms. The van der Waals surface area contributed by atoms with Crippen LogP contribution in [-0.2, 0) is 0 Å². The van der Waals surface area contributed by atoms with Gasteiger partial charge in [-0.25, -0.2) is 0 Å². The van der Waals surface area contributed by atoms with Crippen LogP contribution in [0.15, 0.2) is 24.3 Å². The highest BCUT2D eigenvalue weighted by molar-refractivity contribution is 5.34. The second-order valence-electron chi connectivity index (χ2n) is 4.45. The summed E-state index contributed by atoms with van der Waals surface area (Å²) in [4.78, 5) is 2.33. The van der Waals surface area contributed by atoms with Crippen LogP contribution in [-0.4, -0.2) is 25.0 Å². The van der Waals surface area contributed by atoms with Gasteiger partial charge in [0.15, 0.2) is 0 Å². The van der Waals surface area contributed by atoms with Gasteiger partial charge in [0, 0.05) is 6.04 Å². The molecule has 16 heavy (non-hydrogen) atoms. The van der Waals surface area contributed by atoms with Crippen LogP contribution in [0.1, 0.15) is 23.6 Å². The molecule has 1 saturated heterocycles. The van der Waals surface area contributed by atoms with Crippen LogP contribution in [0.25, 0.3) is 0 Å². The molecule has 0 radical (unpaired) electrons. The number of likely N-dealkylation sites (tertiary alicyclic amines) is 1. The Hall–Kier alpha value is -1.37. The number of nitrogens with zero attached hydrogens (tertiary/aromatic N) is 2. The molecule has 3 nitrogen and oxygen atoms in total. The standard InChI is InChI=1S/C13H17N3/c1-16-6-5-12(9-15)13(16)11-4-2-3-10(7-11)8-14/h2-4,7,12-13H,5-6,9,15H2,1H3. The maximum absolute atomic E-state index is 8.91. The number of hydrogen-bond acceptors (Lipinski definition) is 3. The topological polar surface area (TPSA) is 53.0 Å². The number of hydrogen-bond donors (Lipinski definition) is 1. The van der Waals surface area contributed by atoms with Gasteiger partial charge in [0.1, 0.15) is 0 Å². The molecule has 2 N–H and O–H groups in total. The van der Waals surface area contributed by atoms with Gasteiger partial charge in [-0.2, -0.15) is 5.26 Å². The Bertz CT molecular complexity index is 408. The second-order valence-corrected chi connectivity index (χ2v) is 4.45. The largest absolute Gasteiger partial charge is 0.330 e. The van der Waals surface area contributed by atoms with Gasteiger partial charge in [0.25, 0.3) is 0 Å². The molecule has 0 spiro atoms. The highest BCUT2D eigenvalue weighted by Gasteiger charge is 2.31. The molecule has 1 heterocycles. The summed E-state index contributed by atoms with van der Waals surface area (Å²) < 4.78 is 0. The molecule has 1 aromatic rings. The van der Waals surface area contributed by atoms with Gasteiger partial charge in [-0.3, -0.25) is 4.90 Å². The van der Waals surface area contributed by atoms with Crippen molar-refractivity contribution in [2.24, 2.45) is 11.7 Å². The van der Waals surface area contributed by atoms with E-state index in [2.05, 4.69) is 24.1 Å². The molecule has 84 valence electrons. The summed E-state index contributed by atoms with van der Waals surface area (Å²) in [6, 6.07) is 10.4. The van der Waals surface area contributed by atoms with Crippen molar-refractivity contribution in [1.29, 1.82) is 5.26 Å². The molecule has 1 aromatic carbocycles. The SMILES string of the molecule is CN1CCC(CN)C1c1cccc(C#N)c1. The fourth-order valence-electron chi connectivity index (χ4n) is 2.59. The van der Waals surface area contributed by atoms with E-state index in [0.29, 0.717) is 18.5 Å². The normalized spacial score (nSPS) is 25.6. The summed E-state index contributed by atoms with van der Waals surface area (Å²) in [5, 5.41) is 8.91. The minimum atomic E-state index is 0.373. The quantitative estimate of drug-likeness (QED) is 0.813. The minimum Gasteiger partial charge on any atom is -0.330 e. The molecule has 1 aliphatic rings. The van der Waals surface area contributed by atoms with Crippen molar-refractivity contribution in [3.8, 4) is 6.07 Å². The number of nitrogens with two attached hydrogens (primary N) is 1. The molecule has 2 atom stereocenters. The van der Waals surface area contributed by atoms with E-state index < -0.39 is 0 Å². The summed E-state index contributed by atoms with van der Waals surface area (Å²) in [7, 11) is 2.12. The van der Waals surface area contributed by atoms with E-state index in [9.17, 15) is 0 Å². The third-order valence-corrected chi connectivity index (χ3v) is 3.43. The van der Waals surface area contributed by atoms with E-state index in [1.807, 2.05) is 18.2 Å². The Morgan fingerprint density at radius 2 is 2.38 bits per heavy atom. The predicted octanol–water partition coefficient (Wildman–Crippen LogP) is 1.51. The monoisotopic (exact) mass is 215 g/mol. The van der Waals surface area contributed by atoms with E-state index in [0.717, 1.165) is 18.5 Å². The summed E-state index contributed by atoms with van der Waals surface area (Å²) in [5.74, 6) is 0.513. The number of rotatable bonds is 2. The van der Waals surface area contributed by atoms with Crippen LogP contribution in [0.2, 0.25) is 0 Å². The van der Waals surface area contributed by atoms with E-state index in [4.69, 9.17) is 11.0 Å². The highest BCUT2D eigenvalue weighted by atomic mass is 15.2. The van der Waals surface area contributed by atoms with Crippen LogP contribution in [0.5, 0.6) is 0 Å². The first-order chi connectivity index (χ1) is 7.76. The van der Waals surface area contributed by atoms with Crippen molar-refractivity contribution in [2.45, 2.75) is 12.5 Å². The van der Waals surface area contributed by atoms with Crippen LogP contribution in [0.3, 0.4) is 0 Å². The lowest BCUT2D eigenvalue weighted by Crippen LogP contribution is -2.25. The van der Waals surface area contributed by atoms with Crippen molar-refractivity contribution in [3.05, 3.63) is 35.4 Å². The fraction of sp³-hybridized carbons (Fsp3) is 0.462. The maximum atomic E-state index is 8.91. The molecule has 0 amide bonds. The summed E-state index contributed by atoms with van der Waals surface area (Å²) in [5.41, 5.74) is 7.75. The second kappa shape index (κ2) is 4.65. The first kappa shape index (κ1) is 11.1. The molecule has 2 unspecified atom stereocenters. The molecular formula is C13H17N3. The van der Waals surface area contributed by atoms with Crippen molar-refractivity contribution < 1.29 is 0 Å². The lowest BCUT2D eigenvalue weighted by molar-refractivity contribution is 0.279. The smallest absolute Gasteiger partial charge is 0.0991 e. The lowest BCUT2D eigenvalue weighted by atomic mass is 9.93. The number of nitriles is 1. The van der Waals surface area contributed by atoms with Crippen molar-refractivity contribution in [2.75, 3.05) is 20.1 Å². The average Bonchev–Trinajstić information content (AvgIpc) is 2.70. The molecule has 2 rings (SSSR count). The third-order valence-electron chi connectivity index (χ3n) is 3.43. The maximum Gasteiger partial charge on any atom is 0.0991 e. The van der Waals surface area contributed by atoms with Crippen LogP contribution in [0.4, 0.5) is 0 Å². The van der Waals surface area contributed by atoms with Gasteiger partial charge < -0.3 is 5.73 Å². The first-order valence-electron chi connectivity index (χ1n) is 5.66. The van der Waals surface area contributed by atoms with Crippen LogP contribution >= 0.6 is 0 Å². The predicted molar refractivity (Wildman–Crippen MR) is 63.7 cm³/mol. The Kier molecular flexibility index (Phi) is 3.23. The Morgan fingerprint density at radius 1 is 1.56 bits per heavy atom. The lowest BCUT2D eigenvalue weighted by Gasteiger charge is -2.24. The molecule has 0 saturated carbocycles. The zero-order chi connectivity index (χ0) is 11.5. The third kappa shape index (κ3) is 1.95. The van der Waals surface area contributed by atoms with Crippen LogP contribution in [0, 0.1) is 17.2 Å². The Balaban J connectivity index is 2.31. The van der Waals surface area contributed by atoms with Gasteiger partial charge in [0.2, 0.25) is 0 Å². The van der Waals surface area contributed by atoms with E-state index >= 15 is 0 Å². The molecule has 0 bridgehead atoms. The summed E-state index contributed by atoms with van der Waals surface area (Å²) in [6.45, 7) is 1.80. The molecule has 1 fully saturated rings. The van der Waals surface area contributed by atoms with E-state index in [1.54, 1.807) is 0 Å². The van der Waals surface area contributed by atoms with E-state index in [1.165, 1.54) is 5.56 Å². The summed E-state index contributed by atoms with van der Waals surface area (Å²) >= 11 is 0. The number of benzene rings is 1. The zero-order valence-corrected chi connectivity index (χ0v) is 9.56. The fourth-order valence-corrected chi connectivity index (χ4v) is 2.59. The Labute approximate surface area is 96.5 Å². The minimum absolute atomic E-state index is 0.373. The van der Waals surface area contributed by atoms with Crippen molar-refractivity contribution in [3.63, 3.8) is 0 Å².